The molecule has 0 atom stereocenters. The molecule has 4 nitrogen and oxygen atoms in total. The van der Waals surface area contributed by atoms with Gasteiger partial charge in [0, 0.05) is 5.56 Å². The number of hydrogen-bond donors (Lipinski definition) is 1. The van der Waals surface area contributed by atoms with Crippen LogP contribution in [0.3, 0.4) is 0 Å². The number of hydrogen-bond acceptors (Lipinski definition) is 3. The zero-order chi connectivity index (χ0) is 22.8. The molecule has 0 aliphatic heterocycles. The molecule has 0 fully saturated rings. The highest BCUT2D eigenvalue weighted by Crippen LogP contribution is 2.33. The summed E-state index contributed by atoms with van der Waals surface area (Å²) in [5.41, 5.74) is 5.67. The highest BCUT2D eigenvalue weighted by atomic mass is 35.5. The van der Waals surface area contributed by atoms with Gasteiger partial charge in [0.05, 0.1) is 16.6 Å². The van der Waals surface area contributed by atoms with Crippen LogP contribution in [-0.2, 0) is 4.79 Å². The molecule has 5 aromatic rings. The Bertz CT molecular complexity index is 1390. The Morgan fingerprint density at radius 3 is 2.21 bits per heavy atom. The van der Waals surface area contributed by atoms with Crippen molar-refractivity contribution in [1.29, 1.82) is 0 Å². The van der Waals surface area contributed by atoms with Crippen molar-refractivity contribution in [2.75, 3.05) is 5.32 Å². The van der Waals surface area contributed by atoms with Gasteiger partial charge < -0.3 is 9.73 Å². The molecule has 0 aliphatic carbocycles. The Morgan fingerprint density at radius 1 is 0.879 bits per heavy atom. The van der Waals surface area contributed by atoms with Crippen molar-refractivity contribution in [1.82, 2.24) is 4.98 Å². The first-order chi connectivity index (χ1) is 16.1. The molecule has 0 spiro atoms. The van der Waals surface area contributed by atoms with E-state index in [9.17, 15) is 4.79 Å². The van der Waals surface area contributed by atoms with Gasteiger partial charge in [0.15, 0.2) is 5.58 Å². The second kappa shape index (κ2) is 8.93. The van der Waals surface area contributed by atoms with Gasteiger partial charge in [-0.25, -0.2) is 4.98 Å². The van der Waals surface area contributed by atoms with E-state index in [0.717, 1.165) is 27.8 Å². The molecule has 4 aromatic carbocycles. The molecular formula is C28H21ClN2O2. The predicted octanol–water partition coefficient (Wildman–Crippen LogP) is 7.23. The first-order valence-corrected chi connectivity index (χ1v) is 11.0. The minimum Gasteiger partial charge on any atom is -0.436 e. The van der Waals surface area contributed by atoms with Gasteiger partial charge >= 0.3 is 0 Å². The molecule has 162 valence electrons. The van der Waals surface area contributed by atoms with Crippen molar-refractivity contribution < 1.29 is 9.21 Å². The van der Waals surface area contributed by atoms with Gasteiger partial charge in [-0.05, 0) is 53.9 Å². The number of fused-ring (bicyclic) bond motifs is 1. The lowest BCUT2D eigenvalue weighted by molar-refractivity contribution is -0.116. The fourth-order valence-corrected chi connectivity index (χ4v) is 4.07. The van der Waals surface area contributed by atoms with E-state index in [1.54, 1.807) is 12.1 Å². The predicted molar refractivity (Wildman–Crippen MR) is 133 cm³/mol. The lowest BCUT2D eigenvalue weighted by atomic mass is 9.90. The van der Waals surface area contributed by atoms with Crippen molar-refractivity contribution in [3.05, 3.63) is 119 Å². The summed E-state index contributed by atoms with van der Waals surface area (Å²) in [6.45, 7) is 2.01. The van der Waals surface area contributed by atoms with E-state index in [0.29, 0.717) is 22.2 Å². The van der Waals surface area contributed by atoms with Gasteiger partial charge in [-0.2, -0.15) is 0 Å². The molecule has 1 heterocycles. The molecule has 5 heteroatoms. The number of carbonyl (C=O) groups is 1. The topological polar surface area (TPSA) is 55.1 Å². The first-order valence-electron chi connectivity index (χ1n) is 10.7. The number of halogens is 1. The maximum Gasteiger partial charge on any atom is 0.236 e. The van der Waals surface area contributed by atoms with Gasteiger partial charge in [-0.1, -0.05) is 78.3 Å². The summed E-state index contributed by atoms with van der Waals surface area (Å²) in [5.74, 6) is -0.163. The van der Waals surface area contributed by atoms with Crippen LogP contribution in [0, 0.1) is 6.92 Å². The Hall–Kier alpha value is -3.89. The molecule has 0 saturated carbocycles. The second-order valence-corrected chi connectivity index (χ2v) is 8.34. The molecule has 0 bridgehead atoms. The van der Waals surface area contributed by atoms with Crippen LogP contribution in [0.5, 0.6) is 0 Å². The highest BCUT2D eigenvalue weighted by Gasteiger charge is 2.23. The van der Waals surface area contributed by atoms with Gasteiger partial charge in [0.1, 0.15) is 5.52 Å². The number of benzene rings is 4. The van der Waals surface area contributed by atoms with Crippen LogP contribution in [0.25, 0.3) is 22.6 Å². The van der Waals surface area contributed by atoms with Crippen LogP contribution < -0.4 is 5.32 Å². The quantitative estimate of drug-likeness (QED) is 0.306. The minimum absolute atomic E-state index is 0.167. The van der Waals surface area contributed by atoms with Crippen LogP contribution in [0.2, 0.25) is 5.02 Å². The van der Waals surface area contributed by atoms with E-state index < -0.39 is 5.92 Å². The third kappa shape index (κ3) is 4.38. The summed E-state index contributed by atoms with van der Waals surface area (Å²) >= 11 is 6.46. The number of aryl methyl sites for hydroxylation is 1. The number of carbonyl (C=O) groups excluding carboxylic acids is 1. The molecular weight excluding hydrogens is 432 g/mol. The molecule has 0 unspecified atom stereocenters. The summed E-state index contributed by atoms with van der Waals surface area (Å²) in [7, 11) is 0. The van der Waals surface area contributed by atoms with Gasteiger partial charge in [0.2, 0.25) is 11.8 Å². The molecule has 1 aromatic heterocycles. The van der Waals surface area contributed by atoms with E-state index in [4.69, 9.17) is 16.0 Å². The summed E-state index contributed by atoms with van der Waals surface area (Å²) < 4.78 is 5.93. The summed E-state index contributed by atoms with van der Waals surface area (Å²) in [6, 6.07) is 30.7. The van der Waals surface area contributed by atoms with E-state index in [-0.39, 0.29) is 5.91 Å². The zero-order valence-electron chi connectivity index (χ0n) is 18.0. The van der Waals surface area contributed by atoms with Crippen LogP contribution >= 0.6 is 11.6 Å². The Labute approximate surface area is 196 Å². The average Bonchev–Trinajstić information content (AvgIpc) is 3.25. The van der Waals surface area contributed by atoms with Crippen LogP contribution in [0.15, 0.2) is 101 Å². The molecule has 1 N–H and O–H groups in total. The Balaban J connectivity index is 1.49. The first kappa shape index (κ1) is 21.0. The van der Waals surface area contributed by atoms with E-state index in [2.05, 4.69) is 10.3 Å². The van der Waals surface area contributed by atoms with Crippen LogP contribution in [0.4, 0.5) is 5.69 Å². The summed E-state index contributed by atoms with van der Waals surface area (Å²) in [4.78, 5) is 18.1. The third-order valence-corrected chi connectivity index (χ3v) is 5.87. The maximum atomic E-state index is 13.5. The molecule has 0 aliphatic rings. The lowest BCUT2D eigenvalue weighted by Crippen LogP contribution is -2.22. The molecule has 5 rings (SSSR count). The lowest BCUT2D eigenvalue weighted by Gasteiger charge is -2.18. The van der Waals surface area contributed by atoms with Gasteiger partial charge in [-0.3, -0.25) is 4.79 Å². The Morgan fingerprint density at radius 2 is 1.55 bits per heavy atom. The molecule has 0 saturated heterocycles. The van der Waals surface area contributed by atoms with E-state index in [1.165, 1.54) is 0 Å². The number of amides is 1. The number of nitrogens with one attached hydrogen (secondary N) is 1. The van der Waals surface area contributed by atoms with E-state index in [1.807, 2.05) is 91.9 Å². The maximum absolute atomic E-state index is 13.5. The molecule has 1 amide bonds. The smallest absolute Gasteiger partial charge is 0.236 e. The van der Waals surface area contributed by atoms with Crippen molar-refractivity contribution in [3.8, 4) is 11.5 Å². The fraction of sp³-hybridized carbons (Fsp3) is 0.0714. The molecule has 33 heavy (non-hydrogen) atoms. The summed E-state index contributed by atoms with van der Waals surface area (Å²) in [5, 5.41) is 3.46. The number of oxazole rings is 1. The largest absolute Gasteiger partial charge is 0.436 e. The van der Waals surface area contributed by atoms with Crippen molar-refractivity contribution >= 4 is 34.3 Å². The van der Waals surface area contributed by atoms with E-state index >= 15 is 0 Å². The van der Waals surface area contributed by atoms with Crippen molar-refractivity contribution in [2.24, 2.45) is 0 Å². The monoisotopic (exact) mass is 452 g/mol. The number of rotatable bonds is 5. The molecule has 0 radical (unpaired) electrons. The Kier molecular flexibility index (Phi) is 5.68. The zero-order valence-corrected chi connectivity index (χ0v) is 18.7. The average molecular weight is 453 g/mol. The van der Waals surface area contributed by atoms with Crippen molar-refractivity contribution in [3.63, 3.8) is 0 Å². The number of nitrogens with zero attached hydrogens (tertiary/aromatic N) is 1. The van der Waals surface area contributed by atoms with Crippen LogP contribution in [-0.4, -0.2) is 10.9 Å². The summed E-state index contributed by atoms with van der Waals surface area (Å²) in [6.07, 6.45) is 0. The minimum atomic E-state index is -0.473. The SMILES string of the molecule is Cc1ccc2oc(-c3ccc(Cl)c(NC(=O)C(c4ccccc4)c4ccccc4)c3)nc2c1. The van der Waals surface area contributed by atoms with Gasteiger partial charge in [0.25, 0.3) is 0 Å². The van der Waals surface area contributed by atoms with Crippen molar-refractivity contribution in [2.45, 2.75) is 12.8 Å². The third-order valence-electron chi connectivity index (χ3n) is 5.54. The highest BCUT2D eigenvalue weighted by molar-refractivity contribution is 6.34. The standard InChI is InChI=1S/C28H21ClN2O2/c1-18-12-15-25-24(16-18)31-28(33-25)21-13-14-22(29)23(17-21)30-27(32)26(19-8-4-2-5-9-19)20-10-6-3-7-11-20/h2-17,26H,1H3,(H,30,32). The van der Waals surface area contributed by atoms with Crippen LogP contribution in [0.1, 0.15) is 22.6 Å². The number of anilines is 1. The normalized spacial score (nSPS) is 11.1. The second-order valence-electron chi connectivity index (χ2n) is 7.93. The number of aromatic nitrogens is 1. The fourth-order valence-electron chi connectivity index (χ4n) is 3.91. The van der Waals surface area contributed by atoms with Gasteiger partial charge in [-0.15, -0.1) is 0 Å².